The minimum atomic E-state index is 0.588. The van der Waals surface area contributed by atoms with Gasteiger partial charge in [-0.2, -0.15) is 0 Å². The molecule has 0 bridgehead atoms. The highest BCUT2D eigenvalue weighted by atomic mass is 32.1. The van der Waals surface area contributed by atoms with Crippen molar-refractivity contribution in [2.24, 2.45) is 11.7 Å². The molecular weight excluding hydrogens is 248 g/mol. The summed E-state index contributed by atoms with van der Waals surface area (Å²) < 4.78 is 10.4. The van der Waals surface area contributed by atoms with E-state index < -0.39 is 0 Å². The summed E-state index contributed by atoms with van der Waals surface area (Å²) in [5.74, 6) is 0.614. The van der Waals surface area contributed by atoms with Crippen LogP contribution in [0.5, 0.6) is 0 Å². The van der Waals surface area contributed by atoms with Crippen LogP contribution in [-0.2, 0) is 28.9 Å². The number of nitrogens with zero attached hydrogens (tertiary/aromatic N) is 1. The van der Waals surface area contributed by atoms with Gasteiger partial charge in [-0.25, -0.2) is 4.98 Å². The maximum Gasteiger partial charge on any atom is 0.0954 e. The van der Waals surface area contributed by atoms with Crippen LogP contribution in [0.4, 0.5) is 0 Å². The molecule has 0 saturated carbocycles. The molecule has 0 radical (unpaired) electrons. The first-order chi connectivity index (χ1) is 8.67. The second-order valence-electron chi connectivity index (χ2n) is 4.63. The van der Waals surface area contributed by atoms with E-state index in [9.17, 15) is 0 Å². The first kappa shape index (κ1) is 15.6. The van der Waals surface area contributed by atoms with E-state index in [1.54, 1.807) is 18.4 Å². The minimum Gasteiger partial charge on any atom is -0.382 e. The van der Waals surface area contributed by atoms with E-state index in [0.29, 0.717) is 32.3 Å². The molecule has 0 aliphatic rings. The summed E-state index contributed by atoms with van der Waals surface area (Å²) in [7, 11) is 1.68. The monoisotopic (exact) mass is 272 g/mol. The van der Waals surface area contributed by atoms with E-state index >= 15 is 0 Å². The van der Waals surface area contributed by atoms with Crippen LogP contribution in [0.3, 0.4) is 0 Å². The van der Waals surface area contributed by atoms with Crippen LogP contribution < -0.4 is 5.73 Å². The van der Waals surface area contributed by atoms with Crippen molar-refractivity contribution in [3.63, 3.8) is 0 Å². The Balaban J connectivity index is 2.43. The number of aromatic nitrogens is 1. The van der Waals surface area contributed by atoms with Crippen LogP contribution in [0.1, 0.15) is 29.4 Å². The highest BCUT2D eigenvalue weighted by Gasteiger charge is 2.11. The highest BCUT2D eigenvalue weighted by Crippen LogP contribution is 2.21. The van der Waals surface area contributed by atoms with Crippen molar-refractivity contribution in [3.8, 4) is 0 Å². The number of rotatable bonds is 9. The minimum absolute atomic E-state index is 0.588. The number of thiazole rings is 1. The molecule has 0 spiro atoms. The quantitative estimate of drug-likeness (QED) is 0.699. The molecule has 1 aromatic rings. The Morgan fingerprint density at radius 1 is 1.28 bits per heavy atom. The molecule has 5 heteroatoms. The smallest absolute Gasteiger partial charge is 0.0954 e. The molecule has 0 atom stereocenters. The fraction of sp³-hybridized carbons (Fsp3) is 0.769. The van der Waals surface area contributed by atoms with Gasteiger partial charge in [0.2, 0.25) is 0 Å². The summed E-state index contributed by atoms with van der Waals surface area (Å²) in [6, 6.07) is 0. The second-order valence-corrected chi connectivity index (χ2v) is 5.80. The molecule has 0 fully saturated rings. The van der Waals surface area contributed by atoms with Gasteiger partial charge in [0.05, 0.1) is 30.5 Å². The molecule has 104 valence electrons. The Bertz CT molecular complexity index is 340. The van der Waals surface area contributed by atoms with Crippen LogP contribution in [0, 0.1) is 5.92 Å². The molecule has 1 heterocycles. The summed E-state index contributed by atoms with van der Waals surface area (Å²) >= 11 is 1.72. The Hall–Kier alpha value is -0.490. The van der Waals surface area contributed by atoms with Crippen molar-refractivity contribution >= 4 is 11.3 Å². The topological polar surface area (TPSA) is 57.4 Å². The molecule has 4 nitrogen and oxygen atoms in total. The van der Waals surface area contributed by atoms with Gasteiger partial charge in [-0.1, -0.05) is 13.8 Å². The summed E-state index contributed by atoms with van der Waals surface area (Å²) in [4.78, 5) is 5.88. The predicted octanol–water partition coefficient (Wildman–Crippen LogP) is 2.01. The third-order valence-corrected chi connectivity index (χ3v) is 3.68. The van der Waals surface area contributed by atoms with Crippen molar-refractivity contribution in [3.05, 3.63) is 15.6 Å². The van der Waals surface area contributed by atoms with Crippen molar-refractivity contribution in [1.29, 1.82) is 0 Å². The van der Waals surface area contributed by atoms with Gasteiger partial charge in [-0.15, -0.1) is 11.3 Å². The summed E-state index contributed by atoms with van der Waals surface area (Å²) in [6.45, 7) is 6.97. The molecule has 0 aromatic carbocycles. The Kier molecular flexibility index (Phi) is 7.42. The predicted molar refractivity (Wildman–Crippen MR) is 74.9 cm³/mol. The van der Waals surface area contributed by atoms with Gasteiger partial charge in [-0.05, 0) is 12.3 Å². The number of nitrogens with two attached hydrogens (primary N) is 1. The van der Waals surface area contributed by atoms with Gasteiger partial charge >= 0.3 is 0 Å². The van der Waals surface area contributed by atoms with Crippen molar-refractivity contribution in [1.82, 2.24) is 4.98 Å². The van der Waals surface area contributed by atoms with Gasteiger partial charge < -0.3 is 15.2 Å². The molecule has 18 heavy (non-hydrogen) atoms. The van der Waals surface area contributed by atoms with E-state index in [4.69, 9.17) is 15.2 Å². The SMILES string of the molecule is COCCOCCc1nc(CC(C)C)c(CN)s1. The van der Waals surface area contributed by atoms with Crippen LogP contribution in [0.15, 0.2) is 0 Å². The van der Waals surface area contributed by atoms with E-state index in [1.165, 1.54) is 10.6 Å². The zero-order valence-electron chi connectivity index (χ0n) is 11.6. The van der Waals surface area contributed by atoms with E-state index in [0.717, 1.165) is 17.8 Å². The first-order valence-corrected chi connectivity index (χ1v) is 7.23. The standard InChI is InChI=1S/C13H24N2O2S/c1-10(2)8-11-12(9-14)18-13(15-11)4-5-17-7-6-16-3/h10H,4-9,14H2,1-3H3. The Morgan fingerprint density at radius 2 is 2.06 bits per heavy atom. The summed E-state index contributed by atoms with van der Waals surface area (Å²) in [5, 5.41) is 1.13. The average Bonchev–Trinajstić information content (AvgIpc) is 2.70. The molecule has 2 N–H and O–H groups in total. The summed E-state index contributed by atoms with van der Waals surface area (Å²) in [6.07, 6.45) is 1.87. The molecular formula is C13H24N2O2S. The van der Waals surface area contributed by atoms with Gasteiger partial charge in [0.1, 0.15) is 0 Å². The average molecular weight is 272 g/mol. The van der Waals surface area contributed by atoms with Crippen molar-refractivity contribution in [2.45, 2.75) is 33.2 Å². The number of hydrogen-bond donors (Lipinski definition) is 1. The van der Waals surface area contributed by atoms with Crippen LogP contribution in [0.2, 0.25) is 0 Å². The molecule has 1 rings (SSSR count). The van der Waals surface area contributed by atoms with Gasteiger partial charge in [0.15, 0.2) is 0 Å². The van der Waals surface area contributed by atoms with Crippen LogP contribution in [-0.4, -0.2) is 31.9 Å². The van der Waals surface area contributed by atoms with Gasteiger partial charge in [0, 0.05) is 25.0 Å². The Morgan fingerprint density at radius 3 is 2.67 bits per heavy atom. The lowest BCUT2D eigenvalue weighted by atomic mass is 10.1. The maximum absolute atomic E-state index is 5.76. The fourth-order valence-corrected chi connectivity index (χ4v) is 2.61. The van der Waals surface area contributed by atoms with Crippen molar-refractivity contribution < 1.29 is 9.47 Å². The molecule has 1 aromatic heterocycles. The van der Waals surface area contributed by atoms with E-state index in [1.807, 2.05) is 0 Å². The maximum atomic E-state index is 5.76. The normalized spacial score (nSPS) is 11.4. The lowest BCUT2D eigenvalue weighted by molar-refractivity contribution is 0.0722. The molecule has 0 amide bonds. The molecule has 0 unspecified atom stereocenters. The van der Waals surface area contributed by atoms with Crippen LogP contribution in [0.25, 0.3) is 0 Å². The lowest BCUT2D eigenvalue weighted by Crippen LogP contribution is -2.05. The number of methoxy groups -OCH3 is 1. The second kappa shape index (κ2) is 8.58. The lowest BCUT2D eigenvalue weighted by Gasteiger charge is -2.02. The third-order valence-electron chi connectivity index (χ3n) is 2.50. The van der Waals surface area contributed by atoms with E-state index in [-0.39, 0.29) is 0 Å². The van der Waals surface area contributed by atoms with Gasteiger partial charge in [0.25, 0.3) is 0 Å². The molecule has 0 saturated heterocycles. The summed E-state index contributed by atoms with van der Waals surface area (Å²) in [5.41, 5.74) is 6.93. The van der Waals surface area contributed by atoms with Gasteiger partial charge in [-0.3, -0.25) is 0 Å². The Labute approximate surface area is 114 Å². The van der Waals surface area contributed by atoms with Crippen molar-refractivity contribution in [2.75, 3.05) is 26.9 Å². The zero-order chi connectivity index (χ0) is 13.4. The largest absolute Gasteiger partial charge is 0.382 e. The van der Waals surface area contributed by atoms with E-state index in [2.05, 4.69) is 18.8 Å². The highest BCUT2D eigenvalue weighted by molar-refractivity contribution is 7.11. The first-order valence-electron chi connectivity index (χ1n) is 6.41. The third kappa shape index (κ3) is 5.44. The fourth-order valence-electron chi connectivity index (χ4n) is 1.65. The number of hydrogen-bond acceptors (Lipinski definition) is 5. The van der Waals surface area contributed by atoms with Crippen LogP contribution >= 0.6 is 11.3 Å². The number of ether oxygens (including phenoxy) is 2. The zero-order valence-corrected chi connectivity index (χ0v) is 12.4. The molecule has 0 aliphatic heterocycles. The molecule has 0 aliphatic carbocycles.